The molecule has 0 aliphatic rings. The minimum Gasteiger partial charge on any atom is -0.370 e. The normalized spacial score (nSPS) is 11.5. The molecule has 1 rings (SSSR count). The van der Waals surface area contributed by atoms with Gasteiger partial charge in [-0.25, -0.2) is 4.39 Å². The van der Waals surface area contributed by atoms with Crippen molar-refractivity contribution in [1.82, 2.24) is 5.32 Å². The molecular formula is C12H16BrFN2O. The second-order valence-corrected chi connectivity index (χ2v) is 5.53. The highest BCUT2D eigenvalue weighted by Crippen LogP contribution is 2.17. The van der Waals surface area contributed by atoms with Gasteiger partial charge in [-0.1, -0.05) is 15.9 Å². The van der Waals surface area contributed by atoms with E-state index in [-0.39, 0.29) is 18.1 Å². The summed E-state index contributed by atoms with van der Waals surface area (Å²) in [7, 11) is 0. The van der Waals surface area contributed by atoms with E-state index in [1.54, 1.807) is 12.1 Å². The summed E-state index contributed by atoms with van der Waals surface area (Å²) in [5.41, 5.74) is 5.25. The van der Waals surface area contributed by atoms with Gasteiger partial charge in [0.15, 0.2) is 0 Å². The molecule has 0 bridgehead atoms. The van der Waals surface area contributed by atoms with Gasteiger partial charge >= 0.3 is 0 Å². The second kappa shape index (κ2) is 5.60. The van der Waals surface area contributed by atoms with Crippen LogP contribution in [0.1, 0.15) is 25.8 Å². The van der Waals surface area contributed by atoms with Crippen LogP contribution < -0.4 is 11.1 Å². The SMILES string of the molecule is CC(C)(CC(N)=O)NCc1cc(Br)ccc1F. The van der Waals surface area contributed by atoms with Crippen LogP contribution in [0.2, 0.25) is 0 Å². The molecule has 0 fully saturated rings. The van der Waals surface area contributed by atoms with Crippen LogP contribution in [-0.2, 0) is 11.3 Å². The van der Waals surface area contributed by atoms with Crippen molar-refractivity contribution in [2.24, 2.45) is 5.73 Å². The predicted molar refractivity (Wildman–Crippen MR) is 68.8 cm³/mol. The lowest BCUT2D eigenvalue weighted by molar-refractivity contribution is -0.119. The molecule has 0 aromatic heterocycles. The van der Waals surface area contributed by atoms with Crippen molar-refractivity contribution in [3.63, 3.8) is 0 Å². The van der Waals surface area contributed by atoms with E-state index in [0.717, 1.165) is 4.47 Å². The average molecular weight is 303 g/mol. The summed E-state index contributed by atoms with van der Waals surface area (Å²) >= 11 is 3.29. The molecular weight excluding hydrogens is 287 g/mol. The predicted octanol–water partition coefficient (Wildman–Crippen LogP) is 2.33. The van der Waals surface area contributed by atoms with Gasteiger partial charge < -0.3 is 11.1 Å². The van der Waals surface area contributed by atoms with Crippen molar-refractivity contribution in [2.45, 2.75) is 32.4 Å². The van der Waals surface area contributed by atoms with Crippen LogP contribution >= 0.6 is 15.9 Å². The van der Waals surface area contributed by atoms with E-state index in [0.29, 0.717) is 12.1 Å². The third-order valence-electron chi connectivity index (χ3n) is 2.38. The average Bonchev–Trinajstić information content (AvgIpc) is 2.17. The maximum Gasteiger partial charge on any atom is 0.219 e. The molecule has 0 heterocycles. The quantitative estimate of drug-likeness (QED) is 0.877. The van der Waals surface area contributed by atoms with Gasteiger partial charge in [-0.2, -0.15) is 0 Å². The van der Waals surface area contributed by atoms with Gasteiger partial charge in [0.2, 0.25) is 5.91 Å². The van der Waals surface area contributed by atoms with E-state index in [9.17, 15) is 9.18 Å². The summed E-state index contributed by atoms with van der Waals surface area (Å²) in [5.74, 6) is -0.646. The van der Waals surface area contributed by atoms with Gasteiger partial charge in [0.05, 0.1) is 0 Å². The molecule has 0 atom stereocenters. The van der Waals surface area contributed by atoms with E-state index >= 15 is 0 Å². The van der Waals surface area contributed by atoms with Crippen LogP contribution in [0.3, 0.4) is 0 Å². The van der Waals surface area contributed by atoms with Crippen LogP contribution in [0.15, 0.2) is 22.7 Å². The number of nitrogens with one attached hydrogen (secondary N) is 1. The summed E-state index contributed by atoms with van der Waals surface area (Å²) in [6.45, 7) is 4.06. The Labute approximate surface area is 109 Å². The smallest absolute Gasteiger partial charge is 0.219 e. The lowest BCUT2D eigenvalue weighted by Crippen LogP contribution is -2.42. The largest absolute Gasteiger partial charge is 0.370 e. The van der Waals surface area contributed by atoms with Gasteiger partial charge in [-0.15, -0.1) is 0 Å². The number of carbonyl (C=O) groups excluding carboxylic acids is 1. The zero-order valence-electron chi connectivity index (χ0n) is 9.89. The van der Waals surface area contributed by atoms with Crippen molar-refractivity contribution in [3.8, 4) is 0 Å². The molecule has 0 aliphatic carbocycles. The Bertz CT molecular complexity index is 421. The maximum absolute atomic E-state index is 13.5. The molecule has 1 amide bonds. The monoisotopic (exact) mass is 302 g/mol. The molecule has 1 aromatic rings. The summed E-state index contributed by atoms with van der Waals surface area (Å²) in [6.07, 6.45) is 0.211. The Morgan fingerprint density at radius 2 is 2.18 bits per heavy atom. The molecule has 0 spiro atoms. The highest BCUT2D eigenvalue weighted by atomic mass is 79.9. The van der Waals surface area contributed by atoms with Crippen LogP contribution in [0.25, 0.3) is 0 Å². The van der Waals surface area contributed by atoms with E-state index < -0.39 is 5.54 Å². The zero-order chi connectivity index (χ0) is 13.1. The first kappa shape index (κ1) is 14.1. The first-order chi connectivity index (χ1) is 7.80. The van der Waals surface area contributed by atoms with Crippen molar-refractivity contribution >= 4 is 21.8 Å². The number of nitrogens with two attached hydrogens (primary N) is 1. The molecule has 0 radical (unpaired) electrons. The number of hydrogen-bond acceptors (Lipinski definition) is 2. The number of halogens is 2. The Morgan fingerprint density at radius 1 is 1.53 bits per heavy atom. The van der Waals surface area contributed by atoms with Crippen molar-refractivity contribution in [3.05, 3.63) is 34.1 Å². The zero-order valence-corrected chi connectivity index (χ0v) is 11.5. The van der Waals surface area contributed by atoms with E-state index in [4.69, 9.17) is 5.73 Å². The fourth-order valence-corrected chi connectivity index (χ4v) is 1.92. The summed E-state index contributed by atoms with van der Waals surface area (Å²) in [4.78, 5) is 10.8. The van der Waals surface area contributed by atoms with Gasteiger partial charge in [0.25, 0.3) is 0 Å². The minimum absolute atomic E-state index is 0.211. The molecule has 0 aliphatic heterocycles. The Kier molecular flexibility index (Phi) is 4.65. The summed E-state index contributed by atoms with van der Waals surface area (Å²) < 4.78 is 14.3. The standard InChI is InChI=1S/C12H16BrFN2O/c1-12(2,6-11(15)17)16-7-8-5-9(13)3-4-10(8)14/h3-5,16H,6-7H2,1-2H3,(H2,15,17). The molecule has 0 unspecified atom stereocenters. The Balaban J connectivity index is 2.66. The first-order valence-electron chi connectivity index (χ1n) is 5.27. The van der Waals surface area contributed by atoms with Gasteiger partial charge in [0, 0.05) is 28.5 Å². The van der Waals surface area contributed by atoms with Crippen LogP contribution in [0.4, 0.5) is 4.39 Å². The third kappa shape index (κ3) is 4.83. The number of primary amides is 1. The van der Waals surface area contributed by atoms with Crippen LogP contribution in [0, 0.1) is 5.82 Å². The highest BCUT2D eigenvalue weighted by molar-refractivity contribution is 9.10. The van der Waals surface area contributed by atoms with E-state index in [1.165, 1.54) is 6.07 Å². The maximum atomic E-state index is 13.5. The number of amides is 1. The third-order valence-corrected chi connectivity index (χ3v) is 2.87. The summed E-state index contributed by atoms with van der Waals surface area (Å²) in [6, 6.07) is 4.76. The van der Waals surface area contributed by atoms with Crippen molar-refractivity contribution in [2.75, 3.05) is 0 Å². The fourth-order valence-electron chi connectivity index (χ4n) is 1.51. The molecule has 3 N–H and O–H groups in total. The summed E-state index contributed by atoms with van der Waals surface area (Å²) in [5, 5.41) is 3.11. The molecule has 17 heavy (non-hydrogen) atoms. The topological polar surface area (TPSA) is 55.1 Å². The first-order valence-corrected chi connectivity index (χ1v) is 6.07. The van der Waals surface area contributed by atoms with E-state index in [2.05, 4.69) is 21.2 Å². The lowest BCUT2D eigenvalue weighted by Gasteiger charge is -2.25. The molecule has 94 valence electrons. The van der Waals surface area contributed by atoms with Gasteiger partial charge in [-0.05, 0) is 32.0 Å². The number of rotatable bonds is 5. The molecule has 1 aromatic carbocycles. The minimum atomic E-state index is -0.444. The highest BCUT2D eigenvalue weighted by Gasteiger charge is 2.20. The second-order valence-electron chi connectivity index (χ2n) is 4.62. The van der Waals surface area contributed by atoms with Crippen LogP contribution in [0.5, 0.6) is 0 Å². The fraction of sp³-hybridized carbons (Fsp3) is 0.417. The van der Waals surface area contributed by atoms with Crippen LogP contribution in [-0.4, -0.2) is 11.4 Å². The number of carbonyl (C=O) groups is 1. The number of hydrogen-bond donors (Lipinski definition) is 2. The molecule has 5 heteroatoms. The Morgan fingerprint density at radius 3 is 2.76 bits per heavy atom. The van der Waals surface area contributed by atoms with Crippen molar-refractivity contribution < 1.29 is 9.18 Å². The van der Waals surface area contributed by atoms with Crippen molar-refractivity contribution in [1.29, 1.82) is 0 Å². The van der Waals surface area contributed by atoms with E-state index in [1.807, 2.05) is 13.8 Å². The number of benzene rings is 1. The van der Waals surface area contributed by atoms with Gasteiger partial charge in [-0.3, -0.25) is 4.79 Å². The molecule has 0 saturated heterocycles. The van der Waals surface area contributed by atoms with Gasteiger partial charge in [0.1, 0.15) is 5.82 Å². The Hall–Kier alpha value is -0.940. The molecule has 0 saturated carbocycles. The lowest BCUT2D eigenvalue weighted by atomic mass is 10.00. The molecule has 3 nitrogen and oxygen atoms in total.